The standard InChI is InChI=1S/C9H9N3S/c1-6-4-13-5-8(6)9-11-2-7(10)3-12-9/h2-5H,10H2,1H3. The molecule has 2 aromatic rings. The summed E-state index contributed by atoms with van der Waals surface area (Å²) in [4.78, 5) is 8.30. The number of aryl methyl sites for hydroxylation is 1. The molecule has 0 aliphatic rings. The molecule has 2 rings (SSSR count). The first-order valence-electron chi connectivity index (χ1n) is 3.88. The van der Waals surface area contributed by atoms with Gasteiger partial charge in [-0.25, -0.2) is 9.97 Å². The summed E-state index contributed by atoms with van der Waals surface area (Å²) in [5.74, 6) is 0.743. The van der Waals surface area contributed by atoms with Crippen molar-refractivity contribution >= 4 is 17.0 Å². The molecule has 2 N–H and O–H groups in total. The lowest BCUT2D eigenvalue weighted by Crippen LogP contribution is -1.92. The Morgan fingerprint density at radius 1 is 1.23 bits per heavy atom. The third-order valence-corrected chi connectivity index (χ3v) is 2.63. The Labute approximate surface area is 80.3 Å². The topological polar surface area (TPSA) is 51.8 Å². The number of hydrogen-bond donors (Lipinski definition) is 1. The lowest BCUT2D eigenvalue weighted by Gasteiger charge is -1.97. The Kier molecular flexibility index (Phi) is 1.98. The summed E-state index contributed by atoms with van der Waals surface area (Å²) in [6, 6.07) is 0. The van der Waals surface area contributed by atoms with Crippen molar-refractivity contribution in [3.63, 3.8) is 0 Å². The molecule has 0 amide bonds. The number of nitrogens with zero attached hydrogens (tertiary/aromatic N) is 2. The van der Waals surface area contributed by atoms with E-state index in [1.165, 1.54) is 5.56 Å². The summed E-state index contributed by atoms with van der Waals surface area (Å²) in [6.07, 6.45) is 3.25. The highest BCUT2D eigenvalue weighted by molar-refractivity contribution is 7.08. The van der Waals surface area contributed by atoms with Crippen LogP contribution in [0.4, 0.5) is 5.69 Å². The van der Waals surface area contributed by atoms with E-state index in [1.54, 1.807) is 23.7 Å². The second kappa shape index (κ2) is 3.14. The van der Waals surface area contributed by atoms with Crippen molar-refractivity contribution in [3.05, 3.63) is 28.7 Å². The van der Waals surface area contributed by atoms with Crippen LogP contribution in [0, 0.1) is 6.92 Å². The molecule has 0 unspecified atom stereocenters. The van der Waals surface area contributed by atoms with Gasteiger partial charge in [-0.05, 0) is 17.9 Å². The second-order valence-electron chi connectivity index (χ2n) is 2.81. The molecule has 4 heteroatoms. The number of thiophene rings is 1. The maximum Gasteiger partial charge on any atom is 0.160 e. The lowest BCUT2D eigenvalue weighted by molar-refractivity contribution is 1.18. The van der Waals surface area contributed by atoms with E-state index in [0.717, 1.165) is 11.4 Å². The summed E-state index contributed by atoms with van der Waals surface area (Å²) >= 11 is 1.65. The highest BCUT2D eigenvalue weighted by atomic mass is 32.1. The van der Waals surface area contributed by atoms with E-state index in [1.807, 2.05) is 12.3 Å². The summed E-state index contributed by atoms with van der Waals surface area (Å²) in [7, 11) is 0. The molecule has 2 heterocycles. The van der Waals surface area contributed by atoms with Gasteiger partial charge < -0.3 is 5.73 Å². The van der Waals surface area contributed by atoms with E-state index >= 15 is 0 Å². The van der Waals surface area contributed by atoms with Gasteiger partial charge in [0.1, 0.15) is 0 Å². The minimum Gasteiger partial charge on any atom is -0.396 e. The minimum atomic E-state index is 0.594. The second-order valence-corrected chi connectivity index (χ2v) is 3.55. The van der Waals surface area contributed by atoms with Crippen molar-refractivity contribution in [3.8, 4) is 11.4 Å². The Hall–Kier alpha value is -1.42. The number of aromatic nitrogens is 2. The van der Waals surface area contributed by atoms with E-state index < -0.39 is 0 Å². The Morgan fingerprint density at radius 2 is 1.92 bits per heavy atom. The van der Waals surface area contributed by atoms with Crippen LogP contribution in [-0.4, -0.2) is 9.97 Å². The van der Waals surface area contributed by atoms with E-state index in [2.05, 4.69) is 15.3 Å². The van der Waals surface area contributed by atoms with Crippen LogP contribution in [0.5, 0.6) is 0 Å². The van der Waals surface area contributed by atoms with Crippen molar-refractivity contribution < 1.29 is 0 Å². The molecule has 0 saturated heterocycles. The first-order chi connectivity index (χ1) is 6.27. The molecule has 0 bridgehead atoms. The third-order valence-electron chi connectivity index (χ3n) is 1.77. The Balaban J connectivity index is 2.47. The maximum atomic E-state index is 5.50. The third kappa shape index (κ3) is 1.53. The molecule has 13 heavy (non-hydrogen) atoms. The first-order valence-corrected chi connectivity index (χ1v) is 4.82. The lowest BCUT2D eigenvalue weighted by atomic mass is 10.2. The van der Waals surface area contributed by atoms with E-state index in [9.17, 15) is 0 Å². The average molecular weight is 191 g/mol. The predicted octanol–water partition coefficient (Wildman–Crippen LogP) is 2.10. The van der Waals surface area contributed by atoms with Crippen LogP contribution in [0.25, 0.3) is 11.4 Å². The first kappa shape index (κ1) is 8.19. The number of anilines is 1. The van der Waals surface area contributed by atoms with Gasteiger partial charge in [0.15, 0.2) is 5.82 Å². The molecular formula is C9H9N3S. The quantitative estimate of drug-likeness (QED) is 0.751. The molecular weight excluding hydrogens is 182 g/mol. The predicted molar refractivity (Wildman–Crippen MR) is 54.5 cm³/mol. The van der Waals surface area contributed by atoms with Gasteiger partial charge in [0.2, 0.25) is 0 Å². The van der Waals surface area contributed by atoms with Gasteiger partial charge >= 0.3 is 0 Å². The van der Waals surface area contributed by atoms with E-state index in [0.29, 0.717) is 5.69 Å². The van der Waals surface area contributed by atoms with Gasteiger partial charge in [-0.1, -0.05) is 0 Å². The van der Waals surface area contributed by atoms with Crippen molar-refractivity contribution in [1.82, 2.24) is 9.97 Å². The molecule has 0 aromatic carbocycles. The van der Waals surface area contributed by atoms with Crippen LogP contribution in [0.3, 0.4) is 0 Å². The Morgan fingerprint density at radius 3 is 2.46 bits per heavy atom. The van der Waals surface area contributed by atoms with Crippen LogP contribution in [0.15, 0.2) is 23.2 Å². The van der Waals surface area contributed by atoms with Gasteiger partial charge in [-0.3, -0.25) is 0 Å². The summed E-state index contributed by atoms with van der Waals surface area (Å²) in [6.45, 7) is 2.05. The smallest absolute Gasteiger partial charge is 0.160 e. The van der Waals surface area contributed by atoms with Crippen molar-refractivity contribution in [2.75, 3.05) is 5.73 Å². The van der Waals surface area contributed by atoms with Crippen LogP contribution >= 0.6 is 11.3 Å². The van der Waals surface area contributed by atoms with Crippen LogP contribution in [0.1, 0.15) is 5.56 Å². The van der Waals surface area contributed by atoms with Crippen LogP contribution < -0.4 is 5.73 Å². The van der Waals surface area contributed by atoms with Gasteiger partial charge in [-0.15, -0.1) is 0 Å². The van der Waals surface area contributed by atoms with E-state index in [4.69, 9.17) is 5.73 Å². The Bertz CT molecular complexity index is 405. The fourth-order valence-corrected chi connectivity index (χ4v) is 1.89. The SMILES string of the molecule is Cc1cscc1-c1ncc(N)cn1. The molecule has 0 fully saturated rings. The van der Waals surface area contributed by atoms with Crippen LogP contribution in [-0.2, 0) is 0 Å². The molecule has 0 saturated carbocycles. The zero-order valence-electron chi connectivity index (χ0n) is 7.19. The van der Waals surface area contributed by atoms with Gasteiger partial charge in [0.05, 0.1) is 18.1 Å². The maximum absolute atomic E-state index is 5.50. The number of hydrogen-bond acceptors (Lipinski definition) is 4. The molecule has 0 aliphatic carbocycles. The number of nitrogen functional groups attached to an aromatic ring is 1. The molecule has 0 spiro atoms. The largest absolute Gasteiger partial charge is 0.396 e. The van der Waals surface area contributed by atoms with Crippen LogP contribution in [0.2, 0.25) is 0 Å². The van der Waals surface area contributed by atoms with Crippen molar-refractivity contribution in [2.45, 2.75) is 6.92 Å². The summed E-state index contributed by atoms with van der Waals surface area (Å²) in [5.41, 5.74) is 8.38. The fourth-order valence-electron chi connectivity index (χ4n) is 1.07. The van der Waals surface area contributed by atoms with Crippen molar-refractivity contribution in [2.24, 2.45) is 0 Å². The summed E-state index contributed by atoms with van der Waals surface area (Å²) in [5, 5.41) is 4.12. The molecule has 66 valence electrons. The minimum absolute atomic E-state index is 0.594. The molecule has 3 nitrogen and oxygen atoms in total. The zero-order chi connectivity index (χ0) is 9.26. The number of rotatable bonds is 1. The molecule has 0 atom stereocenters. The zero-order valence-corrected chi connectivity index (χ0v) is 8.01. The molecule has 0 aliphatic heterocycles. The fraction of sp³-hybridized carbons (Fsp3) is 0.111. The van der Waals surface area contributed by atoms with Gasteiger partial charge in [-0.2, -0.15) is 11.3 Å². The van der Waals surface area contributed by atoms with Crippen molar-refractivity contribution in [1.29, 1.82) is 0 Å². The average Bonchev–Trinajstić information content (AvgIpc) is 2.53. The summed E-state index contributed by atoms with van der Waals surface area (Å²) < 4.78 is 0. The van der Waals surface area contributed by atoms with E-state index in [-0.39, 0.29) is 0 Å². The number of nitrogens with two attached hydrogens (primary N) is 1. The molecule has 2 aromatic heterocycles. The van der Waals surface area contributed by atoms with Gasteiger partial charge in [0.25, 0.3) is 0 Å². The monoisotopic (exact) mass is 191 g/mol. The highest BCUT2D eigenvalue weighted by Crippen LogP contribution is 2.23. The van der Waals surface area contributed by atoms with Gasteiger partial charge in [0, 0.05) is 10.9 Å². The highest BCUT2D eigenvalue weighted by Gasteiger charge is 2.04. The molecule has 0 radical (unpaired) electrons. The normalized spacial score (nSPS) is 10.2.